The second kappa shape index (κ2) is 6.87. The molecule has 0 fully saturated rings. The third-order valence-corrected chi connectivity index (χ3v) is 4.61. The zero-order valence-electron chi connectivity index (χ0n) is 13.5. The minimum atomic E-state index is -0.201. The van der Waals surface area contributed by atoms with E-state index in [1.54, 1.807) is 11.8 Å². The van der Waals surface area contributed by atoms with Gasteiger partial charge < -0.3 is 10.1 Å². The van der Waals surface area contributed by atoms with Crippen molar-refractivity contribution >= 4 is 23.4 Å². The lowest BCUT2D eigenvalue weighted by atomic mass is 10.3. The van der Waals surface area contributed by atoms with Crippen LogP contribution < -0.4 is 10.1 Å². The molecule has 2 rings (SSSR count). The Labute approximate surface area is 135 Å². The number of thioether (sulfide) groups is 1. The highest BCUT2D eigenvalue weighted by molar-refractivity contribution is 8.00. The zero-order chi connectivity index (χ0) is 16.3. The molecule has 1 aromatic carbocycles. The Balaban J connectivity index is 2.02. The third-order valence-electron chi connectivity index (χ3n) is 3.50. The van der Waals surface area contributed by atoms with Gasteiger partial charge in [0.2, 0.25) is 5.91 Å². The predicted molar refractivity (Wildman–Crippen MR) is 89.6 cm³/mol. The van der Waals surface area contributed by atoms with E-state index in [-0.39, 0.29) is 11.2 Å². The molecule has 0 aliphatic heterocycles. The molecule has 0 spiro atoms. The van der Waals surface area contributed by atoms with Crippen LogP contribution in [0.4, 0.5) is 5.69 Å². The molecule has 0 saturated heterocycles. The molecule has 1 amide bonds. The summed E-state index contributed by atoms with van der Waals surface area (Å²) in [6.07, 6.45) is 0. The minimum Gasteiger partial charge on any atom is -0.497 e. The normalized spacial score (nSPS) is 12.0. The summed E-state index contributed by atoms with van der Waals surface area (Å²) in [6, 6.07) is 7.69. The number of carbonyl (C=O) groups is 1. The fourth-order valence-corrected chi connectivity index (χ4v) is 2.96. The van der Waals surface area contributed by atoms with Crippen LogP contribution in [0, 0.1) is 13.8 Å². The molecule has 1 atom stereocenters. The first-order chi connectivity index (χ1) is 10.4. The number of aromatic nitrogens is 2. The second-order valence-electron chi connectivity index (χ2n) is 5.09. The summed E-state index contributed by atoms with van der Waals surface area (Å²) in [4.78, 5) is 13.4. The number of nitrogens with zero attached hydrogens (tertiary/aromatic N) is 2. The van der Waals surface area contributed by atoms with Gasteiger partial charge in [0.05, 0.1) is 29.4 Å². The summed E-state index contributed by atoms with van der Waals surface area (Å²) in [6.45, 7) is 5.73. The van der Waals surface area contributed by atoms with Gasteiger partial charge in [-0.3, -0.25) is 9.48 Å². The molecular formula is C16H21N3O2S. The second-order valence-corrected chi connectivity index (χ2v) is 6.51. The van der Waals surface area contributed by atoms with Crippen molar-refractivity contribution in [3.8, 4) is 5.75 Å². The number of hydrogen-bond acceptors (Lipinski definition) is 4. The van der Waals surface area contributed by atoms with Gasteiger partial charge in [0.25, 0.3) is 0 Å². The van der Waals surface area contributed by atoms with Gasteiger partial charge in [-0.05, 0) is 45.0 Å². The Kier molecular flexibility index (Phi) is 5.13. The molecule has 0 aliphatic carbocycles. The van der Waals surface area contributed by atoms with Crippen molar-refractivity contribution in [1.29, 1.82) is 0 Å². The van der Waals surface area contributed by atoms with E-state index in [0.29, 0.717) is 0 Å². The predicted octanol–water partition coefficient (Wildman–Crippen LogP) is 3.16. The van der Waals surface area contributed by atoms with Crippen LogP contribution in [0.25, 0.3) is 0 Å². The SMILES string of the molecule is COc1ccc(S[C@H](C)C(=O)Nc2c(C)nn(C)c2C)cc1. The van der Waals surface area contributed by atoms with Crippen molar-refractivity contribution in [2.45, 2.75) is 30.9 Å². The third kappa shape index (κ3) is 3.62. The number of hydrogen-bond donors (Lipinski definition) is 1. The fraction of sp³-hybridized carbons (Fsp3) is 0.375. The number of benzene rings is 1. The first kappa shape index (κ1) is 16.4. The molecule has 0 aliphatic rings. The van der Waals surface area contributed by atoms with Crippen LogP contribution in [0.1, 0.15) is 18.3 Å². The van der Waals surface area contributed by atoms with Crippen molar-refractivity contribution in [2.24, 2.45) is 7.05 Å². The molecular weight excluding hydrogens is 298 g/mol. The maximum absolute atomic E-state index is 12.4. The largest absolute Gasteiger partial charge is 0.497 e. The quantitative estimate of drug-likeness (QED) is 0.860. The number of nitrogens with one attached hydrogen (secondary N) is 1. The lowest BCUT2D eigenvalue weighted by Crippen LogP contribution is -2.23. The Hall–Kier alpha value is -1.95. The summed E-state index contributed by atoms with van der Waals surface area (Å²) in [7, 11) is 3.50. The standard InChI is InChI=1S/C16H21N3O2S/c1-10-15(11(2)19(4)18-10)17-16(20)12(3)22-14-8-6-13(21-5)7-9-14/h6-9,12H,1-5H3,(H,17,20)/t12-/m1/s1. The van der Waals surface area contributed by atoms with Crippen LogP contribution in [-0.2, 0) is 11.8 Å². The van der Waals surface area contributed by atoms with E-state index in [1.165, 1.54) is 11.8 Å². The summed E-state index contributed by atoms with van der Waals surface area (Å²) >= 11 is 1.51. The average Bonchev–Trinajstić information content (AvgIpc) is 2.74. The topological polar surface area (TPSA) is 56.1 Å². The number of aryl methyl sites for hydroxylation is 2. The van der Waals surface area contributed by atoms with Crippen molar-refractivity contribution in [1.82, 2.24) is 9.78 Å². The Bertz CT molecular complexity index is 665. The Morgan fingerprint density at radius 3 is 2.45 bits per heavy atom. The van der Waals surface area contributed by atoms with E-state index < -0.39 is 0 Å². The number of anilines is 1. The molecule has 1 N–H and O–H groups in total. The first-order valence-electron chi connectivity index (χ1n) is 7.04. The lowest BCUT2D eigenvalue weighted by Gasteiger charge is -2.12. The van der Waals surface area contributed by atoms with Gasteiger partial charge in [-0.2, -0.15) is 5.10 Å². The van der Waals surface area contributed by atoms with Crippen LogP contribution in [-0.4, -0.2) is 28.0 Å². The van der Waals surface area contributed by atoms with Gasteiger partial charge in [0, 0.05) is 11.9 Å². The highest BCUT2D eigenvalue weighted by Gasteiger charge is 2.18. The van der Waals surface area contributed by atoms with E-state index >= 15 is 0 Å². The molecule has 1 heterocycles. The van der Waals surface area contributed by atoms with Crippen LogP contribution in [0.2, 0.25) is 0 Å². The van der Waals surface area contributed by atoms with E-state index in [4.69, 9.17) is 4.74 Å². The van der Waals surface area contributed by atoms with Crippen LogP contribution in [0.15, 0.2) is 29.2 Å². The molecule has 0 unspecified atom stereocenters. The summed E-state index contributed by atoms with van der Waals surface area (Å²) in [5.41, 5.74) is 2.58. The van der Waals surface area contributed by atoms with Gasteiger partial charge in [0.15, 0.2) is 0 Å². The van der Waals surface area contributed by atoms with Crippen molar-refractivity contribution in [3.05, 3.63) is 35.7 Å². The monoisotopic (exact) mass is 319 g/mol. The van der Waals surface area contributed by atoms with Gasteiger partial charge in [-0.25, -0.2) is 0 Å². The summed E-state index contributed by atoms with van der Waals surface area (Å²) < 4.78 is 6.90. The molecule has 0 bridgehead atoms. The van der Waals surface area contributed by atoms with Crippen molar-refractivity contribution in [3.63, 3.8) is 0 Å². The number of ether oxygens (including phenoxy) is 1. The number of amides is 1. The van der Waals surface area contributed by atoms with E-state index in [9.17, 15) is 4.79 Å². The van der Waals surface area contributed by atoms with Crippen LogP contribution in [0.3, 0.4) is 0 Å². The Morgan fingerprint density at radius 1 is 1.32 bits per heavy atom. The average molecular weight is 319 g/mol. The molecule has 5 nitrogen and oxygen atoms in total. The van der Waals surface area contributed by atoms with Gasteiger partial charge >= 0.3 is 0 Å². The smallest absolute Gasteiger partial charge is 0.237 e. The summed E-state index contributed by atoms with van der Waals surface area (Å²) in [5, 5.41) is 7.08. The maximum atomic E-state index is 12.4. The zero-order valence-corrected chi connectivity index (χ0v) is 14.3. The minimum absolute atomic E-state index is 0.0278. The van der Waals surface area contributed by atoms with Gasteiger partial charge in [0.1, 0.15) is 5.75 Å². The van der Waals surface area contributed by atoms with E-state index in [1.807, 2.05) is 52.1 Å². The van der Waals surface area contributed by atoms with Gasteiger partial charge in [-0.15, -0.1) is 11.8 Å². The van der Waals surface area contributed by atoms with E-state index in [0.717, 1.165) is 27.7 Å². The molecule has 1 aromatic heterocycles. The number of methoxy groups -OCH3 is 1. The first-order valence-corrected chi connectivity index (χ1v) is 7.92. The fourth-order valence-electron chi connectivity index (χ4n) is 2.09. The molecule has 0 saturated carbocycles. The van der Waals surface area contributed by atoms with Crippen molar-refractivity contribution < 1.29 is 9.53 Å². The highest BCUT2D eigenvalue weighted by atomic mass is 32.2. The van der Waals surface area contributed by atoms with Crippen LogP contribution >= 0.6 is 11.8 Å². The molecule has 118 valence electrons. The molecule has 6 heteroatoms. The Morgan fingerprint density at radius 2 is 1.95 bits per heavy atom. The number of carbonyl (C=O) groups excluding carboxylic acids is 1. The van der Waals surface area contributed by atoms with Gasteiger partial charge in [-0.1, -0.05) is 0 Å². The van der Waals surface area contributed by atoms with Crippen molar-refractivity contribution in [2.75, 3.05) is 12.4 Å². The molecule has 22 heavy (non-hydrogen) atoms. The number of rotatable bonds is 5. The molecule has 0 radical (unpaired) electrons. The van der Waals surface area contributed by atoms with E-state index in [2.05, 4.69) is 10.4 Å². The van der Waals surface area contributed by atoms with Crippen LogP contribution in [0.5, 0.6) is 5.75 Å². The summed E-state index contributed by atoms with van der Waals surface area (Å²) in [5.74, 6) is 0.781. The highest BCUT2D eigenvalue weighted by Crippen LogP contribution is 2.27. The lowest BCUT2D eigenvalue weighted by molar-refractivity contribution is -0.115. The molecule has 2 aromatic rings. The maximum Gasteiger partial charge on any atom is 0.237 e.